The highest BCUT2D eigenvalue weighted by Gasteiger charge is 2.19. The second-order valence-electron chi connectivity index (χ2n) is 5.22. The number of hydrogen-bond acceptors (Lipinski definition) is 3. The van der Waals surface area contributed by atoms with Crippen LogP contribution in [0.2, 0.25) is 0 Å². The van der Waals surface area contributed by atoms with Gasteiger partial charge in [-0.2, -0.15) is 0 Å². The smallest absolute Gasteiger partial charge is 0.130 e. The van der Waals surface area contributed by atoms with Gasteiger partial charge in [0, 0.05) is 0 Å². The highest BCUT2D eigenvalue weighted by molar-refractivity contribution is 5.19. The van der Waals surface area contributed by atoms with Gasteiger partial charge >= 0.3 is 0 Å². The highest BCUT2D eigenvalue weighted by Crippen LogP contribution is 2.26. The lowest BCUT2D eigenvalue weighted by molar-refractivity contribution is 0.000938. The van der Waals surface area contributed by atoms with Crippen LogP contribution in [0.5, 0.6) is 0 Å². The molecule has 0 bridgehead atoms. The van der Waals surface area contributed by atoms with E-state index in [2.05, 4.69) is 6.92 Å². The van der Waals surface area contributed by atoms with Gasteiger partial charge in [0.2, 0.25) is 0 Å². The van der Waals surface area contributed by atoms with Crippen LogP contribution in [0.15, 0.2) is 10.5 Å². The van der Waals surface area contributed by atoms with Crippen LogP contribution < -0.4 is 5.73 Å². The Morgan fingerprint density at radius 1 is 1.35 bits per heavy atom. The molecule has 0 unspecified atom stereocenters. The first-order valence-electron chi connectivity index (χ1n) is 6.59. The molecule has 1 heterocycles. The lowest BCUT2D eigenvalue weighted by Gasteiger charge is -2.25. The highest BCUT2D eigenvalue weighted by atomic mass is 16.5. The van der Waals surface area contributed by atoms with Crippen molar-refractivity contribution in [3.05, 3.63) is 23.2 Å². The molecule has 1 aliphatic rings. The molecule has 2 rings (SSSR count). The fraction of sp³-hybridized carbons (Fsp3) is 0.714. The molecule has 17 heavy (non-hydrogen) atoms. The van der Waals surface area contributed by atoms with E-state index in [0.29, 0.717) is 19.3 Å². The van der Waals surface area contributed by atoms with Gasteiger partial charge in [-0.25, -0.2) is 0 Å². The van der Waals surface area contributed by atoms with Crippen LogP contribution in [-0.2, 0) is 17.9 Å². The SMILES string of the molecule is Cc1cc(COC2CCC(C)CC2)oc1CN. The van der Waals surface area contributed by atoms with Crippen molar-refractivity contribution >= 4 is 0 Å². The molecule has 1 saturated carbocycles. The van der Waals surface area contributed by atoms with E-state index < -0.39 is 0 Å². The molecule has 3 heteroatoms. The maximum atomic E-state index is 5.90. The molecule has 1 aromatic heterocycles. The third-order valence-corrected chi connectivity index (χ3v) is 3.68. The van der Waals surface area contributed by atoms with E-state index in [1.54, 1.807) is 0 Å². The van der Waals surface area contributed by atoms with Gasteiger partial charge in [0.25, 0.3) is 0 Å². The monoisotopic (exact) mass is 237 g/mol. The number of rotatable bonds is 4. The van der Waals surface area contributed by atoms with Crippen LogP contribution in [0.25, 0.3) is 0 Å². The number of nitrogens with two attached hydrogens (primary N) is 1. The zero-order chi connectivity index (χ0) is 12.3. The fourth-order valence-electron chi connectivity index (χ4n) is 2.46. The molecule has 0 radical (unpaired) electrons. The lowest BCUT2D eigenvalue weighted by Crippen LogP contribution is -2.20. The first-order chi connectivity index (χ1) is 8.19. The fourth-order valence-corrected chi connectivity index (χ4v) is 2.46. The van der Waals surface area contributed by atoms with Crippen molar-refractivity contribution < 1.29 is 9.15 Å². The van der Waals surface area contributed by atoms with Crippen LogP contribution >= 0.6 is 0 Å². The van der Waals surface area contributed by atoms with E-state index >= 15 is 0 Å². The Labute approximate surface area is 103 Å². The van der Waals surface area contributed by atoms with Gasteiger partial charge in [-0.3, -0.25) is 0 Å². The van der Waals surface area contributed by atoms with Crippen LogP contribution in [0, 0.1) is 12.8 Å². The average Bonchev–Trinajstić information content (AvgIpc) is 2.69. The summed E-state index contributed by atoms with van der Waals surface area (Å²) < 4.78 is 11.5. The first-order valence-corrected chi connectivity index (χ1v) is 6.59. The standard InChI is InChI=1S/C14H23NO2/c1-10-3-5-12(6-4-10)16-9-13-7-11(2)14(8-15)17-13/h7,10,12H,3-6,8-9,15H2,1-2H3. The van der Waals surface area contributed by atoms with Crippen molar-refractivity contribution in [2.45, 2.75) is 58.8 Å². The van der Waals surface area contributed by atoms with Crippen molar-refractivity contribution in [2.75, 3.05) is 0 Å². The van der Waals surface area contributed by atoms with E-state index in [-0.39, 0.29) is 0 Å². The zero-order valence-electron chi connectivity index (χ0n) is 10.9. The number of ether oxygens (including phenoxy) is 1. The van der Waals surface area contributed by atoms with Crippen molar-refractivity contribution in [1.29, 1.82) is 0 Å². The summed E-state index contributed by atoms with van der Waals surface area (Å²) in [6, 6.07) is 2.04. The van der Waals surface area contributed by atoms with Gasteiger partial charge in [-0.05, 0) is 50.2 Å². The maximum Gasteiger partial charge on any atom is 0.130 e. The Bertz CT molecular complexity index is 351. The van der Waals surface area contributed by atoms with Gasteiger partial charge < -0.3 is 14.9 Å². The van der Waals surface area contributed by atoms with E-state index in [4.69, 9.17) is 14.9 Å². The van der Waals surface area contributed by atoms with Crippen LogP contribution in [0.4, 0.5) is 0 Å². The van der Waals surface area contributed by atoms with Gasteiger partial charge in [0.1, 0.15) is 18.1 Å². The summed E-state index contributed by atoms with van der Waals surface area (Å²) in [4.78, 5) is 0. The maximum absolute atomic E-state index is 5.90. The van der Waals surface area contributed by atoms with E-state index in [1.165, 1.54) is 25.7 Å². The van der Waals surface area contributed by atoms with E-state index in [0.717, 1.165) is 23.0 Å². The van der Waals surface area contributed by atoms with Crippen molar-refractivity contribution in [3.63, 3.8) is 0 Å². The molecular weight excluding hydrogens is 214 g/mol. The Balaban J connectivity index is 1.81. The molecular formula is C14H23NO2. The van der Waals surface area contributed by atoms with Gasteiger partial charge in [0.15, 0.2) is 0 Å². The molecule has 0 atom stereocenters. The summed E-state index contributed by atoms with van der Waals surface area (Å²) in [5.74, 6) is 2.65. The van der Waals surface area contributed by atoms with Crippen molar-refractivity contribution in [3.8, 4) is 0 Å². The largest absolute Gasteiger partial charge is 0.462 e. The molecule has 96 valence electrons. The predicted octanol–water partition coefficient (Wildman–Crippen LogP) is 3.14. The number of aryl methyl sites for hydroxylation is 1. The predicted molar refractivity (Wildman–Crippen MR) is 67.5 cm³/mol. The summed E-state index contributed by atoms with van der Waals surface area (Å²) in [5.41, 5.74) is 6.71. The first kappa shape index (κ1) is 12.7. The van der Waals surface area contributed by atoms with Gasteiger partial charge in [-0.1, -0.05) is 6.92 Å². The Morgan fingerprint density at radius 2 is 2.06 bits per heavy atom. The number of hydrogen-bond donors (Lipinski definition) is 1. The van der Waals surface area contributed by atoms with Gasteiger partial charge in [0.05, 0.1) is 12.6 Å². The molecule has 0 aliphatic heterocycles. The summed E-state index contributed by atoms with van der Waals surface area (Å²) in [6.45, 7) is 5.39. The molecule has 0 saturated heterocycles. The quantitative estimate of drug-likeness (QED) is 0.875. The molecule has 0 amide bonds. The minimum Gasteiger partial charge on any atom is -0.462 e. The van der Waals surface area contributed by atoms with Crippen molar-refractivity contribution in [2.24, 2.45) is 11.7 Å². The van der Waals surface area contributed by atoms with Crippen molar-refractivity contribution in [1.82, 2.24) is 0 Å². The van der Waals surface area contributed by atoms with E-state index in [9.17, 15) is 0 Å². The normalized spacial score (nSPS) is 25.1. The average molecular weight is 237 g/mol. The lowest BCUT2D eigenvalue weighted by atomic mass is 9.89. The summed E-state index contributed by atoms with van der Waals surface area (Å²) in [7, 11) is 0. The Kier molecular flexibility index (Phi) is 4.24. The van der Waals surface area contributed by atoms with Gasteiger partial charge in [-0.15, -0.1) is 0 Å². The zero-order valence-corrected chi connectivity index (χ0v) is 10.9. The minimum atomic E-state index is 0.415. The molecule has 0 spiro atoms. The molecule has 1 fully saturated rings. The second kappa shape index (κ2) is 5.69. The summed E-state index contributed by atoms with van der Waals surface area (Å²) in [6.07, 6.45) is 5.36. The Morgan fingerprint density at radius 3 is 2.65 bits per heavy atom. The van der Waals surface area contributed by atoms with E-state index in [1.807, 2.05) is 13.0 Å². The van der Waals surface area contributed by atoms with Crippen LogP contribution in [0.1, 0.15) is 49.7 Å². The molecule has 1 aliphatic carbocycles. The second-order valence-corrected chi connectivity index (χ2v) is 5.22. The molecule has 1 aromatic rings. The summed E-state index contributed by atoms with van der Waals surface area (Å²) >= 11 is 0. The molecule has 0 aromatic carbocycles. The minimum absolute atomic E-state index is 0.415. The summed E-state index contributed by atoms with van der Waals surface area (Å²) in [5, 5.41) is 0. The third-order valence-electron chi connectivity index (χ3n) is 3.68. The number of furan rings is 1. The van der Waals surface area contributed by atoms with Crippen LogP contribution in [0.3, 0.4) is 0 Å². The Hall–Kier alpha value is -0.800. The topological polar surface area (TPSA) is 48.4 Å². The third kappa shape index (κ3) is 3.33. The molecule has 3 nitrogen and oxygen atoms in total. The molecule has 2 N–H and O–H groups in total. The van der Waals surface area contributed by atoms with Crippen LogP contribution in [-0.4, -0.2) is 6.10 Å².